The van der Waals surface area contributed by atoms with Gasteiger partial charge in [0.15, 0.2) is 11.6 Å². The van der Waals surface area contributed by atoms with Gasteiger partial charge < -0.3 is 20.1 Å². The van der Waals surface area contributed by atoms with E-state index < -0.39 is 24.6 Å². The number of rotatable bonds is 8. The van der Waals surface area contributed by atoms with Crippen molar-refractivity contribution < 1.29 is 29.2 Å². The second-order valence-corrected chi connectivity index (χ2v) is 8.74. The van der Waals surface area contributed by atoms with Crippen LogP contribution in [-0.4, -0.2) is 53.2 Å². The predicted molar refractivity (Wildman–Crippen MR) is 125 cm³/mol. The lowest BCUT2D eigenvalue weighted by atomic mass is 9.90. The Hall–Kier alpha value is -3.47. The first-order valence-electron chi connectivity index (χ1n) is 11.3. The van der Waals surface area contributed by atoms with E-state index in [1.807, 2.05) is 13.8 Å². The number of ether oxygens (including phenoxy) is 1. The summed E-state index contributed by atoms with van der Waals surface area (Å²) in [6.45, 7) is 4.45. The van der Waals surface area contributed by atoms with Crippen LogP contribution in [0.3, 0.4) is 0 Å². The van der Waals surface area contributed by atoms with Gasteiger partial charge in [0.25, 0.3) is 0 Å². The van der Waals surface area contributed by atoms with Gasteiger partial charge in [0, 0.05) is 23.1 Å². The molecule has 9 nitrogen and oxygen atoms in total. The topological polar surface area (TPSA) is 131 Å². The standard InChI is InChI=1S/C25H27FN4O5/c1-14(2)24-19(8-7-17(31)9-18(32)10-22(33)34)23(15-3-5-16(26)6-4-15)20-11-35-12-21-27-13-28-30(21)25(20)29-24/h3-8,13-14,17-18,31-32H,9-12H2,1-2H3,(H,33,34)/b8-7+/t17-,18-/m1/s1. The molecule has 0 amide bonds. The number of aromatic nitrogens is 4. The van der Waals surface area contributed by atoms with E-state index in [4.69, 9.17) is 14.8 Å². The molecule has 0 saturated carbocycles. The fourth-order valence-electron chi connectivity index (χ4n) is 4.15. The number of hydrogen-bond donors (Lipinski definition) is 3. The van der Waals surface area contributed by atoms with E-state index in [9.17, 15) is 19.4 Å². The Morgan fingerprint density at radius 3 is 2.66 bits per heavy atom. The fourth-order valence-corrected chi connectivity index (χ4v) is 4.15. The van der Waals surface area contributed by atoms with E-state index in [1.54, 1.807) is 22.9 Å². The fraction of sp³-hybridized carbons (Fsp3) is 0.360. The largest absolute Gasteiger partial charge is 0.481 e. The Morgan fingerprint density at radius 2 is 1.97 bits per heavy atom. The first kappa shape index (κ1) is 24.6. The molecule has 1 aliphatic heterocycles. The van der Waals surface area contributed by atoms with Gasteiger partial charge in [-0.25, -0.2) is 14.4 Å². The molecule has 35 heavy (non-hydrogen) atoms. The summed E-state index contributed by atoms with van der Waals surface area (Å²) in [4.78, 5) is 20.0. The zero-order valence-corrected chi connectivity index (χ0v) is 19.4. The lowest BCUT2D eigenvalue weighted by molar-refractivity contribution is -0.139. The number of aliphatic hydroxyl groups is 2. The highest BCUT2D eigenvalue weighted by atomic mass is 19.1. The van der Waals surface area contributed by atoms with Gasteiger partial charge >= 0.3 is 5.97 Å². The predicted octanol–water partition coefficient (Wildman–Crippen LogP) is 3.22. The zero-order valence-electron chi connectivity index (χ0n) is 19.4. The minimum absolute atomic E-state index is 0.0231. The molecule has 1 aromatic carbocycles. The minimum atomic E-state index is -1.18. The first-order chi connectivity index (χ1) is 16.7. The van der Waals surface area contributed by atoms with Gasteiger partial charge in [0.1, 0.15) is 18.8 Å². The number of halogens is 1. The average molecular weight is 483 g/mol. The second kappa shape index (κ2) is 10.4. The number of carboxylic acid groups (broad SMARTS) is 1. The van der Waals surface area contributed by atoms with Crippen molar-refractivity contribution in [2.75, 3.05) is 0 Å². The first-order valence-corrected chi connectivity index (χ1v) is 11.3. The molecule has 0 bridgehead atoms. The lowest BCUT2D eigenvalue weighted by Crippen LogP contribution is -2.19. The highest BCUT2D eigenvalue weighted by molar-refractivity contribution is 5.81. The lowest BCUT2D eigenvalue weighted by Gasteiger charge is -2.21. The molecular weight excluding hydrogens is 455 g/mol. The van der Waals surface area contributed by atoms with Gasteiger partial charge in [-0.05, 0) is 23.6 Å². The van der Waals surface area contributed by atoms with E-state index >= 15 is 0 Å². The molecule has 1 aliphatic rings. The third kappa shape index (κ3) is 5.45. The Balaban J connectivity index is 1.87. The van der Waals surface area contributed by atoms with Gasteiger partial charge in [0.05, 0.1) is 30.9 Å². The summed E-state index contributed by atoms with van der Waals surface area (Å²) < 4.78 is 21.3. The van der Waals surface area contributed by atoms with Crippen LogP contribution in [0.4, 0.5) is 4.39 Å². The number of carbonyl (C=O) groups is 1. The number of carboxylic acids is 1. The van der Waals surface area contributed by atoms with Crippen molar-refractivity contribution in [2.24, 2.45) is 0 Å². The van der Waals surface area contributed by atoms with Crippen LogP contribution < -0.4 is 0 Å². The van der Waals surface area contributed by atoms with E-state index in [-0.39, 0.29) is 31.4 Å². The van der Waals surface area contributed by atoms with Crippen molar-refractivity contribution in [2.45, 2.75) is 58.0 Å². The molecule has 2 atom stereocenters. The van der Waals surface area contributed by atoms with Crippen molar-refractivity contribution >= 4 is 12.0 Å². The third-order valence-corrected chi connectivity index (χ3v) is 5.73. The minimum Gasteiger partial charge on any atom is -0.481 e. The van der Waals surface area contributed by atoms with E-state index in [1.165, 1.54) is 24.5 Å². The summed E-state index contributed by atoms with van der Waals surface area (Å²) in [7, 11) is 0. The average Bonchev–Trinajstić information content (AvgIpc) is 3.18. The van der Waals surface area contributed by atoms with Crippen LogP contribution in [0.5, 0.6) is 0 Å². The summed E-state index contributed by atoms with van der Waals surface area (Å²) in [5, 5.41) is 33.5. The molecule has 3 aromatic rings. The molecule has 2 aromatic heterocycles. The number of hydrogen-bond acceptors (Lipinski definition) is 7. The van der Waals surface area contributed by atoms with Crippen LogP contribution in [0.25, 0.3) is 23.0 Å². The van der Waals surface area contributed by atoms with Crippen molar-refractivity contribution in [3.05, 3.63) is 65.1 Å². The number of pyridine rings is 1. The number of fused-ring (bicyclic) bond motifs is 3. The maximum atomic E-state index is 13.8. The third-order valence-electron chi connectivity index (χ3n) is 5.73. The van der Waals surface area contributed by atoms with Crippen LogP contribution in [-0.2, 0) is 22.7 Å². The quantitative estimate of drug-likeness (QED) is 0.446. The number of aliphatic carboxylic acids is 1. The number of nitrogens with zero attached hydrogens (tertiary/aromatic N) is 4. The molecule has 0 aliphatic carbocycles. The highest BCUT2D eigenvalue weighted by Gasteiger charge is 2.26. The maximum Gasteiger partial charge on any atom is 0.305 e. The summed E-state index contributed by atoms with van der Waals surface area (Å²) in [5.74, 6) is -0.343. The molecule has 3 heterocycles. The van der Waals surface area contributed by atoms with Crippen LogP contribution in [0.15, 0.2) is 36.7 Å². The molecule has 3 N–H and O–H groups in total. The smallest absolute Gasteiger partial charge is 0.305 e. The van der Waals surface area contributed by atoms with E-state index in [0.29, 0.717) is 17.2 Å². The molecule has 184 valence electrons. The number of benzene rings is 1. The molecule has 0 fully saturated rings. The van der Waals surface area contributed by atoms with E-state index in [2.05, 4.69) is 10.1 Å². The summed E-state index contributed by atoms with van der Waals surface area (Å²) >= 11 is 0. The van der Waals surface area contributed by atoms with Crippen LogP contribution >= 0.6 is 0 Å². The van der Waals surface area contributed by atoms with Crippen molar-refractivity contribution in [1.29, 1.82) is 0 Å². The summed E-state index contributed by atoms with van der Waals surface area (Å²) in [6.07, 6.45) is 1.81. The summed E-state index contributed by atoms with van der Waals surface area (Å²) in [6, 6.07) is 6.10. The normalized spacial score (nSPS) is 15.0. The Morgan fingerprint density at radius 1 is 1.23 bits per heavy atom. The summed E-state index contributed by atoms with van der Waals surface area (Å²) in [5.41, 5.74) is 3.67. The molecule has 0 unspecified atom stereocenters. The van der Waals surface area contributed by atoms with Gasteiger partial charge in [0.2, 0.25) is 0 Å². The van der Waals surface area contributed by atoms with Crippen LogP contribution in [0.2, 0.25) is 0 Å². The Bertz CT molecular complexity index is 1240. The van der Waals surface area contributed by atoms with Crippen LogP contribution in [0.1, 0.15) is 55.3 Å². The molecule has 10 heteroatoms. The van der Waals surface area contributed by atoms with Gasteiger partial charge in [-0.15, -0.1) is 0 Å². The second-order valence-electron chi connectivity index (χ2n) is 8.74. The van der Waals surface area contributed by atoms with E-state index in [0.717, 1.165) is 22.4 Å². The Kier molecular flexibility index (Phi) is 7.34. The van der Waals surface area contributed by atoms with Crippen molar-refractivity contribution in [1.82, 2.24) is 19.7 Å². The number of aliphatic hydroxyl groups excluding tert-OH is 2. The Labute approximate surface area is 201 Å². The SMILES string of the molecule is CC(C)c1nc2c(c(-c3ccc(F)cc3)c1/C=C/[C@@H](O)C[C@@H](O)CC(=O)O)COCc1ncnn1-2. The van der Waals surface area contributed by atoms with Gasteiger partial charge in [-0.1, -0.05) is 38.1 Å². The molecular formula is C25H27FN4O5. The van der Waals surface area contributed by atoms with Gasteiger partial charge in [-0.3, -0.25) is 4.79 Å². The zero-order chi connectivity index (χ0) is 25.1. The molecule has 4 rings (SSSR count). The maximum absolute atomic E-state index is 13.8. The van der Waals surface area contributed by atoms with Crippen LogP contribution in [0, 0.1) is 5.82 Å². The van der Waals surface area contributed by atoms with Crippen molar-refractivity contribution in [3.8, 4) is 16.9 Å². The van der Waals surface area contributed by atoms with Crippen molar-refractivity contribution in [3.63, 3.8) is 0 Å². The monoisotopic (exact) mass is 482 g/mol. The molecule has 0 saturated heterocycles. The molecule has 0 spiro atoms. The highest BCUT2D eigenvalue weighted by Crippen LogP contribution is 2.38. The van der Waals surface area contributed by atoms with Gasteiger partial charge in [-0.2, -0.15) is 9.78 Å². The molecule has 0 radical (unpaired) electrons.